The van der Waals surface area contributed by atoms with E-state index in [-0.39, 0.29) is 5.56 Å². The number of nitriles is 1. The van der Waals surface area contributed by atoms with E-state index in [4.69, 9.17) is 5.26 Å². The zero-order valence-corrected chi connectivity index (χ0v) is 10.3. The van der Waals surface area contributed by atoms with Crippen LogP contribution in [0.3, 0.4) is 0 Å². The van der Waals surface area contributed by atoms with Crippen LogP contribution in [0.15, 0.2) is 18.2 Å². The smallest absolute Gasteiger partial charge is 0.143 e. The van der Waals surface area contributed by atoms with Gasteiger partial charge in [0.2, 0.25) is 0 Å². The molecule has 1 aromatic carbocycles. The molecule has 0 aliphatic carbocycles. The Kier molecular flexibility index (Phi) is 3.06. The van der Waals surface area contributed by atoms with Crippen molar-refractivity contribution in [2.75, 3.05) is 18.0 Å². The van der Waals surface area contributed by atoms with Crippen molar-refractivity contribution in [2.24, 2.45) is 5.41 Å². The first-order chi connectivity index (χ1) is 8.15. The summed E-state index contributed by atoms with van der Waals surface area (Å²) >= 11 is 0. The maximum Gasteiger partial charge on any atom is 0.143 e. The molecule has 1 fully saturated rings. The maximum atomic E-state index is 13.5. The van der Waals surface area contributed by atoms with E-state index >= 15 is 0 Å². The largest absolute Gasteiger partial charge is 0.369 e. The van der Waals surface area contributed by atoms with Crippen LogP contribution in [0.2, 0.25) is 0 Å². The van der Waals surface area contributed by atoms with Gasteiger partial charge in [-0.15, -0.1) is 0 Å². The zero-order valence-electron chi connectivity index (χ0n) is 10.3. The van der Waals surface area contributed by atoms with E-state index in [9.17, 15) is 4.39 Å². The Morgan fingerprint density at radius 2 is 2.00 bits per heavy atom. The number of hydrogen-bond donors (Lipinski definition) is 0. The van der Waals surface area contributed by atoms with Gasteiger partial charge in [0.1, 0.15) is 17.4 Å². The van der Waals surface area contributed by atoms with Crippen LogP contribution in [0.4, 0.5) is 10.1 Å². The topological polar surface area (TPSA) is 27.0 Å². The molecule has 0 radical (unpaired) electrons. The van der Waals surface area contributed by atoms with E-state index in [2.05, 4.69) is 18.7 Å². The van der Waals surface area contributed by atoms with Gasteiger partial charge in [0.25, 0.3) is 0 Å². The lowest BCUT2D eigenvalue weighted by atomic mass is 9.75. The second-order valence-electron chi connectivity index (χ2n) is 4.81. The van der Waals surface area contributed by atoms with Gasteiger partial charge in [-0.2, -0.15) is 5.26 Å². The van der Waals surface area contributed by atoms with Gasteiger partial charge in [0.15, 0.2) is 0 Å². The molecule has 2 rings (SSSR count). The quantitative estimate of drug-likeness (QED) is 0.799. The Hall–Kier alpha value is -1.56. The van der Waals surface area contributed by atoms with E-state index < -0.39 is 5.82 Å². The molecule has 0 amide bonds. The second-order valence-corrected chi connectivity index (χ2v) is 4.81. The fourth-order valence-corrected chi connectivity index (χ4v) is 2.52. The Balaban J connectivity index is 2.23. The number of hydrogen-bond acceptors (Lipinski definition) is 2. The van der Waals surface area contributed by atoms with Gasteiger partial charge in [-0.25, -0.2) is 4.39 Å². The number of benzene rings is 1. The van der Waals surface area contributed by atoms with E-state index in [1.54, 1.807) is 6.07 Å². The SMILES string of the molecule is CCC1(CC)CN(c2cccc(F)c2C#N)C1. The summed E-state index contributed by atoms with van der Waals surface area (Å²) in [7, 11) is 0. The van der Waals surface area contributed by atoms with Crippen LogP contribution < -0.4 is 4.90 Å². The highest BCUT2D eigenvalue weighted by atomic mass is 19.1. The summed E-state index contributed by atoms with van der Waals surface area (Å²) in [4.78, 5) is 2.11. The summed E-state index contributed by atoms with van der Waals surface area (Å²) in [5, 5.41) is 9.00. The molecule has 1 heterocycles. The predicted molar refractivity (Wildman–Crippen MR) is 66.3 cm³/mol. The molecule has 0 bridgehead atoms. The van der Waals surface area contributed by atoms with Gasteiger partial charge in [-0.05, 0) is 25.0 Å². The highest BCUT2D eigenvalue weighted by Crippen LogP contribution is 2.41. The van der Waals surface area contributed by atoms with Crippen molar-refractivity contribution >= 4 is 5.69 Å². The minimum atomic E-state index is -0.421. The van der Waals surface area contributed by atoms with Gasteiger partial charge in [-0.3, -0.25) is 0 Å². The fraction of sp³-hybridized carbons (Fsp3) is 0.500. The van der Waals surface area contributed by atoms with E-state index in [1.165, 1.54) is 6.07 Å². The molecular weight excluding hydrogens is 215 g/mol. The highest BCUT2D eigenvalue weighted by molar-refractivity contribution is 5.61. The summed E-state index contributed by atoms with van der Waals surface area (Å²) in [6.07, 6.45) is 2.27. The third kappa shape index (κ3) is 1.88. The first-order valence-electron chi connectivity index (χ1n) is 6.09. The molecule has 17 heavy (non-hydrogen) atoms. The normalized spacial score (nSPS) is 17.4. The molecule has 0 unspecified atom stereocenters. The highest BCUT2D eigenvalue weighted by Gasteiger charge is 2.40. The average Bonchev–Trinajstić information content (AvgIpc) is 2.29. The van der Waals surface area contributed by atoms with Crippen molar-refractivity contribution in [1.82, 2.24) is 0 Å². The molecule has 1 aliphatic rings. The first kappa shape index (κ1) is 11.9. The van der Waals surface area contributed by atoms with Crippen LogP contribution in [0.1, 0.15) is 32.3 Å². The molecular formula is C14H17FN2. The molecule has 2 nitrogen and oxygen atoms in total. The predicted octanol–water partition coefficient (Wildman–Crippen LogP) is 3.32. The van der Waals surface area contributed by atoms with Gasteiger partial charge < -0.3 is 4.90 Å². The van der Waals surface area contributed by atoms with Crippen molar-refractivity contribution in [1.29, 1.82) is 5.26 Å². The first-order valence-corrected chi connectivity index (χ1v) is 6.09. The number of halogens is 1. The van der Waals surface area contributed by atoms with Gasteiger partial charge in [0.05, 0.1) is 5.69 Å². The molecule has 3 heteroatoms. The molecule has 0 N–H and O–H groups in total. The van der Waals surface area contributed by atoms with E-state index in [1.807, 2.05) is 12.1 Å². The maximum absolute atomic E-state index is 13.5. The molecule has 0 saturated carbocycles. The van der Waals surface area contributed by atoms with Crippen LogP contribution in [0.5, 0.6) is 0 Å². The lowest BCUT2D eigenvalue weighted by Gasteiger charge is -2.51. The van der Waals surface area contributed by atoms with Gasteiger partial charge in [-0.1, -0.05) is 19.9 Å². The molecule has 1 aromatic rings. The Bertz CT molecular complexity index is 450. The second kappa shape index (κ2) is 4.37. The summed E-state index contributed by atoms with van der Waals surface area (Å²) in [6.45, 7) is 6.24. The van der Waals surface area contributed by atoms with Crippen molar-refractivity contribution in [3.8, 4) is 6.07 Å². The zero-order chi connectivity index (χ0) is 12.5. The number of anilines is 1. The van der Waals surface area contributed by atoms with Crippen molar-refractivity contribution < 1.29 is 4.39 Å². The monoisotopic (exact) mass is 232 g/mol. The van der Waals surface area contributed by atoms with Crippen molar-refractivity contribution in [3.05, 3.63) is 29.6 Å². The van der Waals surface area contributed by atoms with E-state index in [0.29, 0.717) is 5.41 Å². The third-order valence-electron chi connectivity index (χ3n) is 4.00. The van der Waals surface area contributed by atoms with E-state index in [0.717, 1.165) is 31.6 Å². The van der Waals surface area contributed by atoms with Crippen LogP contribution in [-0.4, -0.2) is 13.1 Å². The minimum Gasteiger partial charge on any atom is -0.369 e. The lowest BCUT2D eigenvalue weighted by Crippen LogP contribution is -2.56. The summed E-state index contributed by atoms with van der Waals surface area (Å²) < 4.78 is 13.5. The summed E-state index contributed by atoms with van der Waals surface area (Å²) in [5.41, 5.74) is 1.28. The van der Waals surface area contributed by atoms with Crippen LogP contribution in [-0.2, 0) is 0 Å². The Labute approximate surface area is 102 Å². The molecule has 90 valence electrons. The molecule has 0 aromatic heterocycles. The molecule has 1 aliphatic heterocycles. The Morgan fingerprint density at radius 3 is 2.53 bits per heavy atom. The van der Waals surface area contributed by atoms with Crippen molar-refractivity contribution in [2.45, 2.75) is 26.7 Å². The summed E-state index contributed by atoms with van der Waals surface area (Å²) in [5.74, 6) is -0.421. The van der Waals surface area contributed by atoms with Gasteiger partial charge >= 0.3 is 0 Å². The molecule has 1 saturated heterocycles. The minimum absolute atomic E-state index is 0.174. The number of nitrogens with zero attached hydrogens (tertiary/aromatic N) is 2. The van der Waals surface area contributed by atoms with Crippen LogP contribution in [0.25, 0.3) is 0 Å². The van der Waals surface area contributed by atoms with Crippen LogP contribution in [0, 0.1) is 22.6 Å². The molecule has 0 atom stereocenters. The standard InChI is InChI=1S/C14H17FN2/c1-3-14(4-2)9-17(10-14)13-7-5-6-12(15)11(13)8-16/h5-7H,3-4,9-10H2,1-2H3. The average molecular weight is 232 g/mol. The van der Waals surface area contributed by atoms with Gasteiger partial charge in [0, 0.05) is 18.5 Å². The summed E-state index contributed by atoms with van der Waals surface area (Å²) in [6, 6.07) is 6.80. The van der Waals surface area contributed by atoms with Crippen LogP contribution >= 0.6 is 0 Å². The fourth-order valence-electron chi connectivity index (χ4n) is 2.52. The van der Waals surface area contributed by atoms with Crippen molar-refractivity contribution in [3.63, 3.8) is 0 Å². The Morgan fingerprint density at radius 1 is 1.35 bits per heavy atom. The number of rotatable bonds is 3. The third-order valence-corrected chi connectivity index (χ3v) is 4.00. The molecule has 0 spiro atoms. The lowest BCUT2D eigenvalue weighted by molar-refractivity contribution is 0.194.